The van der Waals surface area contributed by atoms with Crippen molar-refractivity contribution in [2.75, 3.05) is 12.8 Å². The Kier molecular flexibility index (Phi) is 2.17. The molecule has 0 amide bonds. The van der Waals surface area contributed by atoms with Gasteiger partial charge in [0, 0.05) is 5.39 Å². The number of ether oxygens (including phenoxy) is 1. The van der Waals surface area contributed by atoms with Gasteiger partial charge in [0.25, 0.3) is 0 Å². The topological polar surface area (TPSA) is 48.1 Å². The maximum absolute atomic E-state index is 5.81. The van der Waals surface area contributed by atoms with E-state index >= 15 is 0 Å². The zero-order chi connectivity index (χ0) is 10.1. The van der Waals surface area contributed by atoms with Crippen LogP contribution in [-0.2, 0) is 0 Å². The van der Waals surface area contributed by atoms with Crippen LogP contribution in [0.2, 0.25) is 5.15 Å². The Morgan fingerprint density at radius 2 is 2.21 bits per heavy atom. The lowest BCUT2D eigenvalue weighted by atomic mass is 10.2. The number of pyridine rings is 1. The molecular weight excluding hydrogens is 200 g/mol. The number of nitrogens with zero attached hydrogens (tertiary/aromatic N) is 1. The van der Waals surface area contributed by atoms with E-state index in [1.165, 1.54) is 0 Å². The van der Waals surface area contributed by atoms with Gasteiger partial charge in [-0.25, -0.2) is 4.98 Å². The minimum atomic E-state index is 0.325. The van der Waals surface area contributed by atoms with E-state index < -0.39 is 0 Å². The Morgan fingerprint density at radius 3 is 2.93 bits per heavy atom. The molecule has 1 heterocycles. The van der Waals surface area contributed by atoms with Crippen molar-refractivity contribution in [3.05, 3.63) is 29.4 Å². The van der Waals surface area contributed by atoms with Crippen LogP contribution in [0.4, 0.5) is 5.69 Å². The Balaban J connectivity index is 2.81. The van der Waals surface area contributed by atoms with Crippen molar-refractivity contribution < 1.29 is 4.74 Å². The van der Waals surface area contributed by atoms with Crippen molar-refractivity contribution >= 4 is 28.2 Å². The summed E-state index contributed by atoms with van der Waals surface area (Å²) in [5.41, 5.74) is 6.90. The summed E-state index contributed by atoms with van der Waals surface area (Å²) in [5.74, 6) is 0.748. The molecular formula is C10H9ClN2O. The third kappa shape index (κ3) is 1.36. The molecule has 14 heavy (non-hydrogen) atoms. The minimum Gasteiger partial charge on any atom is -0.496 e. The first-order chi connectivity index (χ1) is 6.72. The highest BCUT2D eigenvalue weighted by Crippen LogP contribution is 2.28. The summed E-state index contributed by atoms with van der Waals surface area (Å²) in [6.45, 7) is 0. The summed E-state index contributed by atoms with van der Waals surface area (Å²) >= 11 is 5.81. The maximum Gasteiger partial charge on any atom is 0.152 e. The summed E-state index contributed by atoms with van der Waals surface area (Å²) in [6.07, 6.45) is 0. The van der Waals surface area contributed by atoms with E-state index in [-0.39, 0.29) is 0 Å². The lowest BCUT2D eigenvalue weighted by Gasteiger charge is -2.05. The van der Waals surface area contributed by atoms with E-state index in [2.05, 4.69) is 4.98 Å². The van der Waals surface area contributed by atoms with Gasteiger partial charge in [-0.1, -0.05) is 17.7 Å². The predicted octanol–water partition coefficient (Wildman–Crippen LogP) is 2.48. The van der Waals surface area contributed by atoms with Crippen molar-refractivity contribution in [1.82, 2.24) is 4.98 Å². The number of hydrogen-bond acceptors (Lipinski definition) is 3. The molecule has 0 aliphatic heterocycles. The number of halogens is 1. The van der Waals surface area contributed by atoms with Crippen molar-refractivity contribution in [3.63, 3.8) is 0 Å². The molecule has 0 spiro atoms. The molecule has 0 fully saturated rings. The number of fused-ring (bicyclic) bond motifs is 1. The first-order valence-corrected chi connectivity index (χ1v) is 4.49. The van der Waals surface area contributed by atoms with Crippen LogP contribution in [0, 0.1) is 0 Å². The summed E-state index contributed by atoms with van der Waals surface area (Å²) in [4.78, 5) is 4.14. The van der Waals surface area contributed by atoms with Crippen LogP contribution in [0.5, 0.6) is 5.75 Å². The number of anilines is 1. The highest BCUT2D eigenvalue weighted by atomic mass is 35.5. The van der Waals surface area contributed by atoms with Crippen LogP contribution in [0.15, 0.2) is 24.3 Å². The molecule has 2 N–H and O–H groups in total. The van der Waals surface area contributed by atoms with Crippen molar-refractivity contribution in [3.8, 4) is 5.75 Å². The highest BCUT2D eigenvalue weighted by Gasteiger charge is 2.05. The molecule has 0 unspecified atom stereocenters. The van der Waals surface area contributed by atoms with Crippen LogP contribution in [0.25, 0.3) is 10.9 Å². The van der Waals surface area contributed by atoms with Gasteiger partial charge in [0.2, 0.25) is 0 Å². The molecule has 1 aromatic heterocycles. The monoisotopic (exact) mass is 208 g/mol. The van der Waals surface area contributed by atoms with E-state index in [0.717, 1.165) is 16.7 Å². The largest absolute Gasteiger partial charge is 0.496 e. The van der Waals surface area contributed by atoms with Crippen molar-refractivity contribution in [2.24, 2.45) is 0 Å². The quantitative estimate of drug-likeness (QED) is 0.733. The fourth-order valence-electron chi connectivity index (χ4n) is 1.34. The molecule has 2 rings (SSSR count). The zero-order valence-corrected chi connectivity index (χ0v) is 8.38. The fraction of sp³-hybridized carbons (Fsp3) is 0.100. The summed E-state index contributed by atoms with van der Waals surface area (Å²) < 4.78 is 5.18. The number of nitrogens with two attached hydrogens (primary N) is 1. The number of rotatable bonds is 1. The van der Waals surface area contributed by atoms with Gasteiger partial charge < -0.3 is 10.5 Å². The Labute approximate surface area is 86.5 Å². The second-order valence-corrected chi connectivity index (χ2v) is 3.25. The highest BCUT2D eigenvalue weighted by molar-refractivity contribution is 6.32. The van der Waals surface area contributed by atoms with Crippen LogP contribution in [-0.4, -0.2) is 12.1 Å². The van der Waals surface area contributed by atoms with Gasteiger partial charge in [-0.05, 0) is 18.2 Å². The number of nitrogen functional groups attached to an aromatic ring is 1. The Hall–Kier alpha value is -1.48. The molecule has 0 saturated heterocycles. The van der Waals surface area contributed by atoms with E-state index in [9.17, 15) is 0 Å². The molecule has 0 aliphatic rings. The number of methoxy groups -OCH3 is 1. The molecule has 4 heteroatoms. The predicted molar refractivity (Wildman–Crippen MR) is 57.7 cm³/mol. The molecule has 0 aliphatic carbocycles. The van der Waals surface area contributed by atoms with Gasteiger partial charge in [0.15, 0.2) is 5.15 Å². The third-order valence-corrected chi connectivity index (χ3v) is 2.32. The average molecular weight is 209 g/mol. The molecule has 3 nitrogen and oxygen atoms in total. The molecule has 1 aromatic carbocycles. The molecule has 0 atom stereocenters. The van der Waals surface area contributed by atoms with Crippen LogP contribution < -0.4 is 10.5 Å². The van der Waals surface area contributed by atoms with Gasteiger partial charge in [-0.2, -0.15) is 0 Å². The fourth-order valence-corrected chi connectivity index (χ4v) is 1.48. The van der Waals surface area contributed by atoms with E-state index in [0.29, 0.717) is 10.8 Å². The summed E-state index contributed by atoms with van der Waals surface area (Å²) in [7, 11) is 1.61. The van der Waals surface area contributed by atoms with Crippen molar-refractivity contribution in [1.29, 1.82) is 0 Å². The average Bonchev–Trinajstić information content (AvgIpc) is 2.19. The van der Waals surface area contributed by atoms with E-state index in [1.807, 2.05) is 18.2 Å². The lowest BCUT2D eigenvalue weighted by molar-refractivity contribution is 0.420. The standard InChI is InChI=1S/C10H9ClN2O/c1-14-9-4-2-3-8-6(9)5-7(12)10(11)13-8/h2-5H,12H2,1H3. The second-order valence-electron chi connectivity index (χ2n) is 2.90. The van der Waals surface area contributed by atoms with Gasteiger partial charge in [0.05, 0.1) is 18.3 Å². The first-order valence-electron chi connectivity index (χ1n) is 4.11. The normalized spacial score (nSPS) is 10.4. The number of aromatic nitrogens is 1. The maximum atomic E-state index is 5.81. The molecule has 0 saturated carbocycles. The molecule has 0 bridgehead atoms. The van der Waals surface area contributed by atoms with Crippen LogP contribution >= 0.6 is 11.6 Å². The second kappa shape index (κ2) is 3.35. The lowest BCUT2D eigenvalue weighted by Crippen LogP contribution is -1.92. The minimum absolute atomic E-state index is 0.325. The Bertz CT molecular complexity index is 485. The van der Waals surface area contributed by atoms with Gasteiger partial charge in [-0.15, -0.1) is 0 Å². The smallest absolute Gasteiger partial charge is 0.152 e. The first kappa shape index (κ1) is 9.09. The zero-order valence-electron chi connectivity index (χ0n) is 7.62. The van der Waals surface area contributed by atoms with E-state index in [1.54, 1.807) is 13.2 Å². The summed E-state index contributed by atoms with van der Waals surface area (Å²) in [6, 6.07) is 7.35. The molecule has 72 valence electrons. The Morgan fingerprint density at radius 1 is 1.43 bits per heavy atom. The van der Waals surface area contributed by atoms with Gasteiger partial charge in [-0.3, -0.25) is 0 Å². The number of hydrogen-bond donors (Lipinski definition) is 1. The molecule has 2 aromatic rings. The van der Waals surface area contributed by atoms with Gasteiger partial charge in [0.1, 0.15) is 5.75 Å². The van der Waals surface area contributed by atoms with Crippen molar-refractivity contribution in [2.45, 2.75) is 0 Å². The van der Waals surface area contributed by atoms with E-state index in [4.69, 9.17) is 22.1 Å². The number of benzene rings is 1. The third-order valence-electron chi connectivity index (χ3n) is 2.02. The van der Waals surface area contributed by atoms with Gasteiger partial charge >= 0.3 is 0 Å². The molecule has 0 radical (unpaired) electrons. The SMILES string of the molecule is COc1cccc2nc(Cl)c(N)cc12. The van der Waals surface area contributed by atoms with Crippen LogP contribution in [0.3, 0.4) is 0 Å². The van der Waals surface area contributed by atoms with Crippen LogP contribution in [0.1, 0.15) is 0 Å². The summed E-state index contributed by atoms with van der Waals surface area (Å²) in [5, 5.41) is 1.20.